The number of hydrogen-bond acceptors (Lipinski definition) is 6. The van der Waals surface area contributed by atoms with Crippen LogP contribution in [0.5, 0.6) is 0 Å². The maximum absolute atomic E-state index is 13.3. The molecule has 0 spiro atoms. The van der Waals surface area contributed by atoms with E-state index in [2.05, 4.69) is 21.1 Å². The summed E-state index contributed by atoms with van der Waals surface area (Å²) in [6, 6.07) is 3.02. The van der Waals surface area contributed by atoms with Crippen LogP contribution in [0.4, 0.5) is 13.2 Å². The van der Waals surface area contributed by atoms with E-state index in [-0.39, 0.29) is 23.7 Å². The van der Waals surface area contributed by atoms with E-state index in [0.717, 1.165) is 31.2 Å². The van der Waals surface area contributed by atoms with Crippen molar-refractivity contribution in [2.45, 2.75) is 43.7 Å². The Hall–Kier alpha value is -2.91. The number of nitriles is 1. The largest absolute Gasteiger partial charge is 0.418 e. The number of aryl methyl sites for hydroxylation is 1. The summed E-state index contributed by atoms with van der Waals surface area (Å²) in [4.78, 5) is 5.34. The first-order chi connectivity index (χ1) is 15.2. The van der Waals surface area contributed by atoms with Crippen molar-refractivity contribution in [3.05, 3.63) is 35.8 Å². The minimum Gasteiger partial charge on any atom is -0.379 e. The third kappa shape index (κ3) is 3.65. The normalized spacial score (nSPS) is 16.7. The van der Waals surface area contributed by atoms with Gasteiger partial charge in [0.25, 0.3) is 6.71 Å². The fourth-order valence-corrected chi connectivity index (χ4v) is 5.21. The van der Waals surface area contributed by atoms with Crippen LogP contribution in [0.25, 0.3) is 26.4 Å². The molecule has 0 saturated carbocycles. The van der Waals surface area contributed by atoms with E-state index < -0.39 is 12.3 Å². The Morgan fingerprint density at radius 3 is 2.66 bits per heavy atom. The molecule has 164 valence electrons. The zero-order chi connectivity index (χ0) is 22.6. The van der Waals surface area contributed by atoms with Crippen LogP contribution in [0.2, 0.25) is 12.6 Å². The van der Waals surface area contributed by atoms with Crippen molar-refractivity contribution in [2.75, 3.05) is 0 Å². The van der Waals surface area contributed by atoms with Gasteiger partial charge in [-0.15, -0.1) is 0 Å². The molecular formula is C20H18BF3N6OS. The van der Waals surface area contributed by atoms with Crippen LogP contribution in [-0.4, -0.2) is 42.4 Å². The molecule has 4 aromatic rings. The van der Waals surface area contributed by atoms with E-state index in [9.17, 15) is 18.3 Å². The van der Waals surface area contributed by atoms with Gasteiger partial charge in [0.1, 0.15) is 5.01 Å². The van der Waals surface area contributed by atoms with Crippen molar-refractivity contribution < 1.29 is 18.3 Å². The molecule has 12 heteroatoms. The number of fused-ring (bicyclic) bond motifs is 2. The molecule has 1 unspecified atom stereocenters. The van der Waals surface area contributed by atoms with Crippen LogP contribution >= 0.6 is 11.3 Å². The summed E-state index contributed by atoms with van der Waals surface area (Å²) in [5.41, 5.74) is 1.21. The lowest BCUT2D eigenvalue weighted by Gasteiger charge is -2.21. The number of halogens is 3. The van der Waals surface area contributed by atoms with Gasteiger partial charge < -0.3 is 5.11 Å². The Labute approximate surface area is 185 Å². The Balaban J connectivity index is 1.51. The molecule has 4 heterocycles. The quantitative estimate of drug-likeness (QED) is 0.461. The fourth-order valence-electron chi connectivity index (χ4n) is 4.34. The third-order valence-corrected chi connectivity index (χ3v) is 6.97. The van der Waals surface area contributed by atoms with E-state index in [1.54, 1.807) is 23.8 Å². The number of benzene rings is 1. The third-order valence-electron chi connectivity index (χ3n) is 5.99. The molecule has 32 heavy (non-hydrogen) atoms. The van der Waals surface area contributed by atoms with Gasteiger partial charge in [0, 0.05) is 41.6 Å². The van der Waals surface area contributed by atoms with Crippen LogP contribution in [0, 0.1) is 11.2 Å². The van der Waals surface area contributed by atoms with E-state index in [1.165, 1.54) is 22.1 Å². The van der Waals surface area contributed by atoms with Crippen molar-refractivity contribution in [2.24, 2.45) is 7.05 Å². The lowest BCUT2D eigenvalue weighted by atomic mass is 9.41. The summed E-state index contributed by atoms with van der Waals surface area (Å²) in [7, 11) is 1.62. The molecule has 0 bridgehead atoms. The van der Waals surface area contributed by atoms with E-state index >= 15 is 0 Å². The Bertz CT molecular complexity index is 1310. The number of aliphatic hydroxyl groups excluding tert-OH is 1. The first-order valence-corrected chi connectivity index (χ1v) is 11.0. The van der Waals surface area contributed by atoms with Gasteiger partial charge in [-0.2, -0.15) is 23.4 Å². The highest BCUT2D eigenvalue weighted by atomic mass is 32.1. The zero-order valence-corrected chi connectivity index (χ0v) is 17.9. The highest BCUT2D eigenvalue weighted by molar-refractivity contribution is 7.19. The van der Waals surface area contributed by atoms with Crippen molar-refractivity contribution in [1.29, 1.82) is 5.26 Å². The predicted octanol–water partition coefficient (Wildman–Crippen LogP) is 4.38. The fraction of sp³-hybridized carbons (Fsp3) is 0.400. The van der Waals surface area contributed by atoms with Gasteiger partial charge >= 0.3 is 6.18 Å². The van der Waals surface area contributed by atoms with Crippen molar-refractivity contribution in [1.82, 2.24) is 24.4 Å². The molecule has 0 radical (unpaired) electrons. The Morgan fingerprint density at radius 2 is 2.00 bits per heavy atom. The number of hydrogen-bond donors (Lipinski definition) is 1. The molecule has 7 nitrogen and oxygen atoms in total. The molecule has 1 aliphatic heterocycles. The van der Waals surface area contributed by atoms with Crippen LogP contribution < -0.4 is 0 Å². The first kappa shape index (κ1) is 21.0. The van der Waals surface area contributed by atoms with E-state index in [1.807, 2.05) is 6.20 Å². The van der Waals surface area contributed by atoms with Gasteiger partial charge in [-0.3, -0.25) is 4.68 Å². The van der Waals surface area contributed by atoms with Crippen LogP contribution in [0.3, 0.4) is 0 Å². The summed E-state index contributed by atoms with van der Waals surface area (Å²) in [5, 5.41) is 28.6. The van der Waals surface area contributed by atoms with Crippen molar-refractivity contribution in [3.8, 4) is 16.5 Å². The number of imidazole rings is 1. The standard InChI is InChI=1S/C20H18BF3N6OS/c1-29-8-13-6-12(7-14(16(13)27-29)17(31)20(22,23)24)18-28-30-9-15(26-19(30)32-18)11-2-4-21(10-25)5-3-11/h6-9,11,17,31H,2-5H2,1H3. The van der Waals surface area contributed by atoms with Crippen molar-refractivity contribution >= 4 is 33.9 Å². The first-order valence-electron chi connectivity index (χ1n) is 10.2. The maximum atomic E-state index is 13.3. The maximum Gasteiger partial charge on any atom is 0.418 e. The monoisotopic (exact) mass is 458 g/mol. The van der Waals surface area contributed by atoms with E-state index in [4.69, 9.17) is 5.26 Å². The molecule has 0 amide bonds. The highest BCUT2D eigenvalue weighted by Gasteiger charge is 2.41. The van der Waals surface area contributed by atoms with Gasteiger partial charge in [-0.1, -0.05) is 36.8 Å². The van der Waals surface area contributed by atoms with Gasteiger partial charge in [0.15, 0.2) is 6.10 Å². The summed E-state index contributed by atoms with van der Waals surface area (Å²) in [6.45, 7) is 0.114. The molecule has 1 fully saturated rings. The van der Waals surface area contributed by atoms with E-state index in [0.29, 0.717) is 20.9 Å². The molecule has 5 rings (SSSR count). The minimum absolute atomic E-state index is 0.109. The number of alkyl halides is 3. The zero-order valence-electron chi connectivity index (χ0n) is 17.0. The van der Waals surface area contributed by atoms with Crippen LogP contribution in [-0.2, 0) is 7.05 Å². The van der Waals surface area contributed by atoms with Crippen LogP contribution in [0.1, 0.15) is 36.1 Å². The topological polar surface area (TPSA) is 92.0 Å². The summed E-state index contributed by atoms with van der Waals surface area (Å²) < 4.78 is 42.9. The average Bonchev–Trinajstić information content (AvgIpc) is 3.43. The second-order valence-electron chi connectivity index (χ2n) is 8.23. The summed E-state index contributed by atoms with van der Waals surface area (Å²) in [6.07, 6.45) is -0.431. The van der Waals surface area contributed by atoms with Crippen LogP contribution in [0.15, 0.2) is 24.5 Å². The smallest absolute Gasteiger partial charge is 0.379 e. The average molecular weight is 458 g/mol. The molecular weight excluding hydrogens is 440 g/mol. The molecule has 0 aliphatic carbocycles. The number of aliphatic hydroxyl groups is 1. The van der Waals surface area contributed by atoms with Gasteiger partial charge in [0.05, 0.1) is 17.4 Å². The highest BCUT2D eigenvalue weighted by Crippen LogP contribution is 2.39. The molecule has 3 aromatic heterocycles. The van der Waals surface area contributed by atoms with Crippen molar-refractivity contribution in [3.63, 3.8) is 0 Å². The summed E-state index contributed by atoms with van der Waals surface area (Å²) >= 11 is 1.28. The van der Waals surface area contributed by atoms with Gasteiger partial charge in [-0.25, -0.2) is 14.8 Å². The molecule has 1 saturated heterocycles. The molecule has 1 N–H and O–H groups in total. The Kier molecular flexibility index (Phi) is 4.98. The lowest BCUT2D eigenvalue weighted by molar-refractivity contribution is -0.206. The predicted molar refractivity (Wildman–Crippen MR) is 115 cm³/mol. The second kappa shape index (κ2) is 7.60. The summed E-state index contributed by atoms with van der Waals surface area (Å²) in [5.74, 6) is 2.62. The lowest BCUT2D eigenvalue weighted by Crippen LogP contribution is -2.20. The van der Waals surface area contributed by atoms with Gasteiger partial charge in [0.2, 0.25) is 4.96 Å². The SMILES string of the molecule is Cn1cc2cc(-c3nn4cc(C5CCB(C#N)CC5)nc4s3)cc(C(O)C(F)(F)F)c2n1. The molecule has 1 aliphatic rings. The number of nitrogens with zero attached hydrogens (tertiary/aromatic N) is 6. The Morgan fingerprint density at radius 1 is 1.25 bits per heavy atom. The number of rotatable bonds is 3. The second-order valence-corrected chi connectivity index (χ2v) is 9.18. The molecule has 1 atom stereocenters. The molecule has 1 aromatic carbocycles. The minimum atomic E-state index is -4.81. The number of aromatic nitrogens is 5. The van der Waals surface area contributed by atoms with Gasteiger partial charge in [-0.05, 0) is 12.1 Å².